The van der Waals surface area contributed by atoms with Crippen molar-refractivity contribution in [3.63, 3.8) is 0 Å². The van der Waals surface area contributed by atoms with Crippen LogP contribution in [0.25, 0.3) is 11.1 Å². The number of halogens is 3. The van der Waals surface area contributed by atoms with Gasteiger partial charge in [0.2, 0.25) is 11.8 Å². The second-order valence-electron chi connectivity index (χ2n) is 9.41. The summed E-state index contributed by atoms with van der Waals surface area (Å²) in [6, 6.07) is 5.31. The molecule has 0 radical (unpaired) electrons. The van der Waals surface area contributed by atoms with E-state index < -0.39 is 29.6 Å². The quantitative estimate of drug-likeness (QED) is 0.408. The summed E-state index contributed by atoms with van der Waals surface area (Å²) >= 11 is 0. The molecule has 0 fully saturated rings. The minimum Gasteiger partial charge on any atom is -0.489 e. The van der Waals surface area contributed by atoms with Gasteiger partial charge in [-0.2, -0.15) is 18.2 Å². The van der Waals surface area contributed by atoms with Gasteiger partial charge in [0.15, 0.2) is 0 Å². The number of pyridine rings is 1. The smallest absolute Gasteiger partial charge is 0.416 e. The fourth-order valence-corrected chi connectivity index (χ4v) is 3.33. The van der Waals surface area contributed by atoms with E-state index in [1.54, 1.807) is 7.05 Å². The molecule has 2 aromatic heterocycles. The van der Waals surface area contributed by atoms with Crippen LogP contribution < -0.4 is 10.1 Å². The Balaban J connectivity index is 1.80. The van der Waals surface area contributed by atoms with Gasteiger partial charge >= 0.3 is 6.18 Å². The second-order valence-corrected chi connectivity index (χ2v) is 9.41. The maximum Gasteiger partial charge on any atom is 0.416 e. The lowest BCUT2D eigenvalue weighted by molar-refractivity contribution is -0.138. The zero-order valence-corrected chi connectivity index (χ0v) is 21.4. The third-order valence-electron chi connectivity index (χ3n) is 5.46. The number of nitrogens with one attached hydrogen (secondary N) is 1. The predicted octanol–water partition coefficient (Wildman–Crippen LogP) is 4.40. The van der Waals surface area contributed by atoms with Gasteiger partial charge in [-0.15, -0.1) is 0 Å². The Morgan fingerprint density at radius 2 is 1.95 bits per heavy atom. The summed E-state index contributed by atoms with van der Waals surface area (Å²) in [4.78, 5) is 33.5. The Kier molecular flexibility index (Phi) is 8.54. The number of amides is 2. The molecule has 2 heterocycles. The van der Waals surface area contributed by atoms with Gasteiger partial charge in [0.05, 0.1) is 18.3 Å². The zero-order chi connectivity index (χ0) is 28.1. The first-order chi connectivity index (χ1) is 17.8. The summed E-state index contributed by atoms with van der Waals surface area (Å²) in [6.45, 7) is 8.81. The average molecular weight is 532 g/mol. The number of carbonyl (C=O) groups is 2. The molecule has 0 aliphatic carbocycles. The molecule has 202 valence electrons. The van der Waals surface area contributed by atoms with Crippen LogP contribution in [0.2, 0.25) is 0 Å². The molecule has 0 bridgehead atoms. The normalized spacial score (nSPS) is 11.7. The van der Waals surface area contributed by atoms with E-state index in [1.165, 1.54) is 41.6 Å². The zero-order valence-electron chi connectivity index (χ0n) is 21.4. The Hall–Kier alpha value is -4.22. The standard InChI is InChI=1S/C26H28F3N5O4/c1-6-21(35)34(5)11-12-37-20-15-30-10-9-18(20)16-7-8-17(19(13-16)26(27,28)29)14-31-23(36)22-32-24(38-33-22)25(2,3)4/h6-10,13,15H,1,11-12,14H2,2-5H3,(H,31,36). The van der Waals surface area contributed by atoms with Crippen molar-refractivity contribution in [3.05, 3.63) is 72.2 Å². The lowest BCUT2D eigenvalue weighted by Crippen LogP contribution is -2.29. The highest BCUT2D eigenvalue weighted by atomic mass is 19.4. The summed E-state index contributed by atoms with van der Waals surface area (Å²) in [5, 5.41) is 6.03. The lowest BCUT2D eigenvalue weighted by Gasteiger charge is -2.18. The summed E-state index contributed by atoms with van der Waals surface area (Å²) < 4.78 is 52.7. The van der Waals surface area contributed by atoms with Crippen molar-refractivity contribution in [1.82, 2.24) is 25.3 Å². The highest BCUT2D eigenvalue weighted by Gasteiger charge is 2.34. The van der Waals surface area contributed by atoms with E-state index in [0.29, 0.717) is 5.56 Å². The molecule has 3 aromatic rings. The van der Waals surface area contributed by atoms with Crippen LogP contribution in [0, 0.1) is 0 Å². The molecular weight excluding hydrogens is 503 g/mol. The van der Waals surface area contributed by atoms with Crippen molar-refractivity contribution in [2.75, 3.05) is 20.2 Å². The minimum atomic E-state index is -4.69. The van der Waals surface area contributed by atoms with E-state index in [1.807, 2.05) is 20.8 Å². The average Bonchev–Trinajstić information content (AvgIpc) is 3.38. The van der Waals surface area contributed by atoms with Crippen molar-refractivity contribution in [1.29, 1.82) is 0 Å². The van der Waals surface area contributed by atoms with Gasteiger partial charge in [0.1, 0.15) is 12.4 Å². The minimum absolute atomic E-state index is 0.0953. The fraction of sp³-hybridized carbons (Fsp3) is 0.346. The SMILES string of the molecule is C=CC(=O)N(C)CCOc1cnccc1-c1ccc(CNC(=O)c2noc(C(C)(C)C)n2)c(C(F)(F)F)c1. The van der Waals surface area contributed by atoms with Crippen LogP contribution in [-0.4, -0.2) is 52.0 Å². The van der Waals surface area contributed by atoms with Crippen LogP contribution in [-0.2, 0) is 22.9 Å². The van der Waals surface area contributed by atoms with Crippen molar-refractivity contribution in [2.45, 2.75) is 38.9 Å². The molecule has 9 nitrogen and oxygen atoms in total. The first-order valence-corrected chi connectivity index (χ1v) is 11.6. The van der Waals surface area contributed by atoms with Crippen molar-refractivity contribution >= 4 is 11.8 Å². The van der Waals surface area contributed by atoms with E-state index in [0.717, 1.165) is 6.07 Å². The molecule has 2 amide bonds. The number of aromatic nitrogens is 3. The maximum atomic E-state index is 14.0. The lowest BCUT2D eigenvalue weighted by atomic mass is 9.97. The Morgan fingerprint density at radius 3 is 2.58 bits per heavy atom. The van der Waals surface area contributed by atoms with Crippen LogP contribution in [0.5, 0.6) is 5.75 Å². The van der Waals surface area contributed by atoms with Gasteiger partial charge in [0.25, 0.3) is 11.7 Å². The number of benzene rings is 1. The van der Waals surface area contributed by atoms with Gasteiger partial charge in [-0.25, -0.2) is 0 Å². The molecule has 3 rings (SSSR count). The number of hydrogen-bond donors (Lipinski definition) is 1. The van der Waals surface area contributed by atoms with Crippen LogP contribution >= 0.6 is 0 Å². The molecule has 0 spiro atoms. The highest BCUT2D eigenvalue weighted by Crippen LogP contribution is 2.37. The molecule has 0 unspecified atom stereocenters. The first kappa shape index (κ1) is 28.4. The van der Waals surface area contributed by atoms with Crippen molar-refractivity contribution in [3.8, 4) is 16.9 Å². The number of rotatable bonds is 9. The second kappa shape index (κ2) is 11.4. The number of nitrogens with zero attached hydrogens (tertiary/aromatic N) is 4. The van der Waals surface area contributed by atoms with Gasteiger partial charge < -0.3 is 19.5 Å². The molecule has 0 aliphatic heterocycles. The molecule has 0 saturated carbocycles. The highest BCUT2D eigenvalue weighted by molar-refractivity contribution is 5.90. The van der Waals surface area contributed by atoms with E-state index >= 15 is 0 Å². The van der Waals surface area contributed by atoms with Gasteiger partial charge in [0, 0.05) is 30.8 Å². The van der Waals surface area contributed by atoms with Crippen LogP contribution in [0.4, 0.5) is 13.2 Å². The summed E-state index contributed by atoms with van der Waals surface area (Å²) in [6.07, 6.45) is -0.691. The molecular formula is C26H28F3N5O4. The number of alkyl halides is 3. The van der Waals surface area contributed by atoms with Gasteiger partial charge in [-0.1, -0.05) is 44.6 Å². The molecule has 0 aliphatic rings. The number of carbonyl (C=O) groups excluding carboxylic acids is 2. The van der Waals surface area contributed by atoms with Crippen LogP contribution in [0.1, 0.15) is 48.4 Å². The van der Waals surface area contributed by atoms with Crippen molar-refractivity contribution < 1.29 is 32.0 Å². The first-order valence-electron chi connectivity index (χ1n) is 11.6. The van der Waals surface area contributed by atoms with Gasteiger partial charge in [-0.05, 0) is 29.3 Å². The van der Waals surface area contributed by atoms with E-state index in [9.17, 15) is 22.8 Å². The van der Waals surface area contributed by atoms with Crippen molar-refractivity contribution in [2.24, 2.45) is 0 Å². The monoisotopic (exact) mass is 531 g/mol. The predicted molar refractivity (Wildman–Crippen MR) is 132 cm³/mol. The number of ether oxygens (including phenoxy) is 1. The molecule has 0 atom stereocenters. The molecule has 1 aromatic carbocycles. The molecule has 38 heavy (non-hydrogen) atoms. The summed E-state index contributed by atoms with van der Waals surface area (Å²) in [7, 11) is 1.58. The topological polar surface area (TPSA) is 110 Å². The Bertz CT molecular complexity index is 1310. The molecule has 0 saturated heterocycles. The van der Waals surface area contributed by atoms with Crippen LogP contribution in [0.3, 0.4) is 0 Å². The molecule has 1 N–H and O–H groups in total. The maximum absolute atomic E-state index is 14.0. The molecule has 12 heteroatoms. The van der Waals surface area contributed by atoms with E-state index in [2.05, 4.69) is 27.0 Å². The fourth-order valence-electron chi connectivity index (χ4n) is 3.33. The van der Waals surface area contributed by atoms with E-state index in [-0.39, 0.29) is 47.7 Å². The Labute approximate surface area is 217 Å². The van der Waals surface area contributed by atoms with E-state index in [4.69, 9.17) is 9.26 Å². The largest absolute Gasteiger partial charge is 0.489 e. The summed E-state index contributed by atoms with van der Waals surface area (Å²) in [5.41, 5.74) is -0.916. The third-order valence-corrected chi connectivity index (χ3v) is 5.46. The number of hydrogen-bond acceptors (Lipinski definition) is 7. The van der Waals surface area contributed by atoms with Gasteiger partial charge in [-0.3, -0.25) is 14.6 Å². The number of likely N-dealkylation sites (N-methyl/N-ethyl adjacent to an activating group) is 1. The summed E-state index contributed by atoms with van der Waals surface area (Å²) in [5.74, 6) is -0.818. The third kappa shape index (κ3) is 6.96. The Morgan fingerprint density at radius 1 is 1.21 bits per heavy atom. The van der Waals surface area contributed by atoms with Crippen LogP contribution in [0.15, 0.2) is 53.8 Å².